The van der Waals surface area contributed by atoms with E-state index in [1.807, 2.05) is 0 Å². The fraction of sp³-hybridized carbons (Fsp3) is 0.529. The summed E-state index contributed by atoms with van der Waals surface area (Å²) in [7, 11) is -3.09. The van der Waals surface area contributed by atoms with Gasteiger partial charge in [-0.15, -0.1) is 0 Å². The highest BCUT2D eigenvalue weighted by atomic mass is 32.2. The van der Waals surface area contributed by atoms with Gasteiger partial charge in [-0.1, -0.05) is 24.3 Å². The highest BCUT2D eigenvalue weighted by molar-refractivity contribution is 7.89. The number of nitrogen functional groups attached to an aromatic ring is 1. The molecule has 52 heavy (non-hydrogen) atoms. The molecular weight excluding hydrogens is 700 g/mol. The lowest BCUT2D eigenvalue weighted by molar-refractivity contribution is -0.236. The number of rotatable bonds is 14. The Morgan fingerprint density at radius 2 is 1.62 bits per heavy atom. The van der Waals surface area contributed by atoms with Crippen LogP contribution in [0.1, 0.15) is 47.9 Å². The van der Waals surface area contributed by atoms with E-state index in [4.69, 9.17) is 20.6 Å². The quantitative estimate of drug-likeness (QED) is 0.0772. The number of methoxy groups -OCH3 is 1. The maximum Gasteiger partial charge on any atom is 0.245 e. The summed E-state index contributed by atoms with van der Waals surface area (Å²) in [6.07, 6.45) is -6.71. The molecule has 0 aliphatic carbocycles. The summed E-state index contributed by atoms with van der Waals surface area (Å²) in [6, 6.07) is 6.50. The first-order chi connectivity index (χ1) is 24.6. The van der Waals surface area contributed by atoms with E-state index in [-0.39, 0.29) is 17.2 Å². The molecule has 2 saturated heterocycles. The molecule has 0 radical (unpaired) electrons. The van der Waals surface area contributed by atoms with Crippen molar-refractivity contribution in [2.24, 2.45) is 5.73 Å². The van der Waals surface area contributed by atoms with Gasteiger partial charge in [-0.2, -0.15) is 4.72 Å². The summed E-state index contributed by atoms with van der Waals surface area (Å²) in [6.45, 7) is 3.24. The number of hydrogen-bond acceptors (Lipinski definition) is 12. The lowest BCUT2D eigenvalue weighted by atomic mass is 9.98. The van der Waals surface area contributed by atoms with Crippen LogP contribution in [0, 0.1) is 19.3 Å². The third kappa shape index (κ3) is 9.82. The molecule has 0 spiro atoms. The van der Waals surface area contributed by atoms with Crippen molar-refractivity contribution in [3.63, 3.8) is 0 Å². The topological polar surface area (TPSA) is 274 Å². The third-order valence-corrected chi connectivity index (χ3v) is 10.9. The fourth-order valence-electron chi connectivity index (χ4n) is 6.37. The second-order valence-corrected chi connectivity index (χ2v) is 14.7. The molecule has 2 fully saturated rings. The number of hydrogen-bond donors (Lipinski definition) is 9. The second kappa shape index (κ2) is 17.6. The summed E-state index contributed by atoms with van der Waals surface area (Å²) < 4.78 is 40.7. The molecule has 0 unspecified atom stereocenters. The van der Waals surface area contributed by atoms with Gasteiger partial charge >= 0.3 is 0 Å². The maximum atomic E-state index is 14.1. The van der Waals surface area contributed by atoms with Crippen molar-refractivity contribution in [1.82, 2.24) is 20.3 Å². The number of piperidine rings is 1. The molecule has 2 aliphatic rings. The van der Waals surface area contributed by atoms with Crippen LogP contribution in [0.3, 0.4) is 0 Å². The number of nitrogens with two attached hydrogens (primary N) is 1. The Kier molecular flexibility index (Phi) is 13.7. The molecule has 2 aromatic rings. The molecule has 10 N–H and O–H groups in total. The van der Waals surface area contributed by atoms with Crippen molar-refractivity contribution in [1.29, 1.82) is 5.41 Å². The van der Waals surface area contributed by atoms with Crippen molar-refractivity contribution in [2.75, 3.05) is 26.8 Å². The van der Waals surface area contributed by atoms with E-state index in [9.17, 15) is 43.2 Å². The Balaban J connectivity index is 1.65. The molecule has 3 amide bonds. The van der Waals surface area contributed by atoms with Crippen LogP contribution in [-0.2, 0) is 35.6 Å². The molecule has 18 heteroatoms. The van der Waals surface area contributed by atoms with Crippen molar-refractivity contribution < 1.29 is 52.7 Å². The predicted molar refractivity (Wildman–Crippen MR) is 187 cm³/mol. The van der Waals surface area contributed by atoms with Gasteiger partial charge in [0.15, 0.2) is 6.23 Å². The molecule has 17 nitrogen and oxygen atoms in total. The van der Waals surface area contributed by atoms with Crippen LogP contribution in [0.5, 0.6) is 5.75 Å². The summed E-state index contributed by atoms with van der Waals surface area (Å²) in [5.74, 6) is -2.17. The van der Waals surface area contributed by atoms with Crippen LogP contribution in [0.4, 0.5) is 0 Å². The molecule has 2 aliphatic heterocycles. The normalized spacial score (nSPS) is 23.3. The SMILES string of the molecule is COc1cc(C)c(S(=O)(=O)N[C@@H](CC(=O)N[C@@H]2O[C@H](CO)[C@H](O)[C@H](O)[C@H]2O)C(=O)N[C@H](Cc2ccc(C(=N)N)cc2)C(=O)N2CCCCC2)c(C)c1. The van der Waals surface area contributed by atoms with Gasteiger partial charge in [0.2, 0.25) is 27.7 Å². The Bertz CT molecular complexity index is 1690. The van der Waals surface area contributed by atoms with Crippen LogP contribution >= 0.6 is 0 Å². The number of sulfonamides is 1. The average molecular weight is 749 g/mol. The summed E-state index contributed by atoms with van der Waals surface area (Å²) in [4.78, 5) is 42.8. The number of carbonyl (C=O) groups is 3. The van der Waals surface area contributed by atoms with E-state index in [0.29, 0.717) is 41.1 Å². The van der Waals surface area contributed by atoms with Crippen molar-refractivity contribution >= 4 is 33.6 Å². The van der Waals surface area contributed by atoms with Gasteiger partial charge in [-0.3, -0.25) is 19.8 Å². The Morgan fingerprint density at radius 1 is 1.00 bits per heavy atom. The minimum atomic E-state index is -4.52. The Labute approximate surface area is 302 Å². The zero-order valence-corrected chi connectivity index (χ0v) is 30.1. The number of amidine groups is 1. The molecular formula is C34H48N6O11S. The number of likely N-dealkylation sites (tertiary alicyclic amines) is 1. The average Bonchev–Trinajstić information content (AvgIpc) is 3.10. The highest BCUT2D eigenvalue weighted by Crippen LogP contribution is 2.26. The number of nitrogens with one attached hydrogen (secondary N) is 4. The van der Waals surface area contributed by atoms with Gasteiger partial charge < -0.3 is 51.2 Å². The first-order valence-corrected chi connectivity index (χ1v) is 18.3. The van der Waals surface area contributed by atoms with E-state index < -0.39 is 83.5 Å². The number of aliphatic hydroxyl groups is 4. The number of ether oxygens (including phenoxy) is 2. The first-order valence-electron chi connectivity index (χ1n) is 16.9. The molecule has 0 bridgehead atoms. The van der Waals surface area contributed by atoms with Crippen LogP contribution in [0.15, 0.2) is 41.3 Å². The molecule has 0 aromatic heterocycles. The largest absolute Gasteiger partial charge is 0.497 e. The minimum Gasteiger partial charge on any atom is -0.497 e. The number of aliphatic hydroxyl groups excluding tert-OH is 4. The van der Waals surface area contributed by atoms with Crippen molar-refractivity contribution in [3.05, 3.63) is 58.7 Å². The number of benzene rings is 2. The molecule has 286 valence electrons. The number of nitrogens with zero attached hydrogens (tertiary/aromatic N) is 1. The van der Waals surface area contributed by atoms with Gasteiger partial charge in [0.05, 0.1) is 25.0 Å². The third-order valence-electron chi connectivity index (χ3n) is 9.12. The zero-order chi connectivity index (χ0) is 38.3. The molecule has 2 aromatic carbocycles. The van der Waals surface area contributed by atoms with Crippen molar-refractivity contribution in [2.45, 2.75) is 93.6 Å². The van der Waals surface area contributed by atoms with E-state index in [2.05, 4.69) is 15.4 Å². The van der Waals surface area contributed by atoms with Gasteiger partial charge in [0, 0.05) is 25.1 Å². The maximum absolute atomic E-state index is 14.1. The molecule has 0 saturated carbocycles. The summed E-state index contributed by atoms with van der Waals surface area (Å²) in [5, 5.41) is 52.9. The van der Waals surface area contributed by atoms with Crippen LogP contribution in [0.2, 0.25) is 0 Å². The van der Waals surface area contributed by atoms with E-state index in [1.54, 1.807) is 29.2 Å². The van der Waals surface area contributed by atoms with Crippen molar-refractivity contribution in [3.8, 4) is 5.75 Å². The fourth-order valence-corrected chi connectivity index (χ4v) is 8.02. The highest BCUT2D eigenvalue weighted by Gasteiger charge is 2.44. The van der Waals surface area contributed by atoms with Gasteiger partial charge in [0.1, 0.15) is 48.1 Å². The molecule has 2 heterocycles. The first kappa shape index (κ1) is 40.6. The Morgan fingerprint density at radius 3 is 2.17 bits per heavy atom. The van der Waals surface area contributed by atoms with E-state index in [0.717, 1.165) is 19.3 Å². The standard InChI is InChI=1S/C34H48N6O11S/c1-18-13-22(50-3)14-19(2)30(18)52(48,49)39-23(16-26(42)38-33-29(45)28(44)27(43)25(17-41)51-33)32(46)37-24(34(47)40-11-5-4-6-12-40)15-20-7-9-21(10-8-20)31(35)36/h7-10,13-14,23-25,27-29,33,39,41,43-45H,4-6,11-12,15-17H2,1-3H3,(H3,35,36)(H,37,46)(H,38,42)/t23-,24+,25+,27-,28-,29+,33+/m0/s1. The second-order valence-electron chi connectivity index (χ2n) is 13.0. The van der Waals surface area contributed by atoms with Crippen LogP contribution in [-0.4, -0.2) is 127 Å². The van der Waals surface area contributed by atoms with E-state index in [1.165, 1.54) is 33.1 Å². The number of amides is 3. The number of carbonyl (C=O) groups excluding carboxylic acids is 3. The Hall–Kier alpha value is -4.17. The summed E-state index contributed by atoms with van der Waals surface area (Å²) >= 11 is 0. The number of aryl methyl sites for hydroxylation is 2. The van der Waals surface area contributed by atoms with Crippen LogP contribution in [0.25, 0.3) is 0 Å². The van der Waals surface area contributed by atoms with Gasteiger partial charge in [-0.25, -0.2) is 8.42 Å². The summed E-state index contributed by atoms with van der Waals surface area (Å²) in [5.41, 5.74) is 7.24. The van der Waals surface area contributed by atoms with Crippen LogP contribution < -0.4 is 25.8 Å². The molecule has 7 atom stereocenters. The molecule has 4 rings (SSSR count). The van der Waals surface area contributed by atoms with Gasteiger partial charge in [-0.05, 0) is 61.9 Å². The van der Waals surface area contributed by atoms with Gasteiger partial charge in [0.25, 0.3) is 0 Å². The minimum absolute atomic E-state index is 0.00745. The lowest BCUT2D eigenvalue weighted by Crippen LogP contribution is -2.63. The lowest BCUT2D eigenvalue weighted by Gasteiger charge is -2.40. The monoisotopic (exact) mass is 748 g/mol. The zero-order valence-electron chi connectivity index (χ0n) is 29.2. The predicted octanol–water partition coefficient (Wildman–Crippen LogP) is -1.71. The smallest absolute Gasteiger partial charge is 0.245 e. The van der Waals surface area contributed by atoms with E-state index >= 15 is 0 Å².